The van der Waals surface area contributed by atoms with E-state index in [2.05, 4.69) is 48.1 Å². The second kappa shape index (κ2) is 7.72. The lowest BCUT2D eigenvalue weighted by atomic mass is 10.2. The third-order valence-corrected chi connectivity index (χ3v) is 3.31. The van der Waals surface area contributed by atoms with Crippen molar-refractivity contribution in [1.82, 2.24) is 5.32 Å². The SMILES string of the molecule is CC[C@@H](C)NCCCOc1ccc(Br)cc1C. The second-order valence-corrected chi connectivity index (χ2v) is 5.29. The van der Waals surface area contributed by atoms with Gasteiger partial charge >= 0.3 is 0 Å². The summed E-state index contributed by atoms with van der Waals surface area (Å²) in [5.41, 5.74) is 1.18. The molecule has 0 fully saturated rings. The molecule has 0 saturated carbocycles. The first kappa shape index (κ1) is 14.5. The molecule has 0 unspecified atom stereocenters. The summed E-state index contributed by atoms with van der Waals surface area (Å²) in [5, 5.41) is 3.45. The molecule has 0 heterocycles. The Labute approximate surface area is 113 Å². The van der Waals surface area contributed by atoms with Crippen LogP contribution in [0.3, 0.4) is 0 Å². The summed E-state index contributed by atoms with van der Waals surface area (Å²) in [4.78, 5) is 0. The topological polar surface area (TPSA) is 21.3 Å². The molecule has 1 aromatic rings. The van der Waals surface area contributed by atoms with Crippen LogP contribution in [0.25, 0.3) is 0 Å². The van der Waals surface area contributed by atoms with Crippen LogP contribution in [0.5, 0.6) is 5.75 Å². The van der Waals surface area contributed by atoms with E-state index >= 15 is 0 Å². The van der Waals surface area contributed by atoms with E-state index < -0.39 is 0 Å². The van der Waals surface area contributed by atoms with Crippen molar-refractivity contribution in [2.45, 2.75) is 39.7 Å². The fourth-order valence-corrected chi connectivity index (χ4v) is 2.00. The van der Waals surface area contributed by atoms with E-state index in [1.165, 1.54) is 12.0 Å². The van der Waals surface area contributed by atoms with E-state index in [1.54, 1.807) is 0 Å². The van der Waals surface area contributed by atoms with Gasteiger partial charge in [0.25, 0.3) is 0 Å². The Bertz CT molecular complexity index is 341. The maximum absolute atomic E-state index is 5.75. The minimum absolute atomic E-state index is 0.601. The molecule has 96 valence electrons. The van der Waals surface area contributed by atoms with Crippen molar-refractivity contribution >= 4 is 15.9 Å². The van der Waals surface area contributed by atoms with E-state index in [0.29, 0.717) is 6.04 Å². The van der Waals surface area contributed by atoms with Gasteiger partial charge in [0.1, 0.15) is 5.75 Å². The minimum Gasteiger partial charge on any atom is -0.493 e. The first-order valence-electron chi connectivity index (χ1n) is 6.25. The van der Waals surface area contributed by atoms with Crippen molar-refractivity contribution in [3.05, 3.63) is 28.2 Å². The highest BCUT2D eigenvalue weighted by Crippen LogP contribution is 2.22. The summed E-state index contributed by atoms with van der Waals surface area (Å²) in [7, 11) is 0. The lowest BCUT2D eigenvalue weighted by Gasteiger charge is -2.12. The maximum Gasteiger partial charge on any atom is 0.122 e. The fourth-order valence-electron chi connectivity index (χ4n) is 1.52. The normalized spacial score (nSPS) is 12.5. The number of hydrogen-bond acceptors (Lipinski definition) is 2. The fraction of sp³-hybridized carbons (Fsp3) is 0.571. The van der Waals surface area contributed by atoms with E-state index in [1.807, 2.05) is 12.1 Å². The number of hydrogen-bond donors (Lipinski definition) is 1. The standard InChI is InChI=1S/C14H22BrNO/c1-4-12(3)16-8-5-9-17-14-7-6-13(15)10-11(14)2/h6-7,10,12,16H,4-5,8-9H2,1-3H3/t12-/m1/s1. The first-order chi connectivity index (χ1) is 8.13. The van der Waals surface area contributed by atoms with Gasteiger partial charge in [0.15, 0.2) is 0 Å². The van der Waals surface area contributed by atoms with Crippen LogP contribution in [0.15, 0.2) is 22.7 Å². The molecular weight excluding hydrogens is 278 g/mol. The molecule has 1 N–H and O–H groups in total. The van der Waals surface area contributed by atoms with E-state index in [9.17, 15) is 0 Å². The molecule has 0 radical (unpaired) electrons. The summed E-state index contributed by atoms with van der Waals surface area (Å²) in [6, 6.07) is 6.71. The molecule has 0 bridgehead atoms. The number of benzene rings is 1. The van der Waals surface area contributed by atoms with Crippen LogP contribution in [-0.4, -0.2) is 19.2 Å². The largest absolute Gasteiger partial charge is 0.493 e. The molecule has 0 aromatic heterocycles. The third kappa shape index (κ3) is 5.55. The Morgan fingerprint density at radius 3 is 2.82 bits per heavy atom. The van der Waals surface area contributed by atoms with E-state index in [0.717, 1.165) is 29.8 Å². The first-order valence-corrected chi connectivity index (χ1v) is 7.05. The van der Waals surface area contributed by atoms with Gasteiger partial charge in [-0.15, -0.1) is 0 Å². The van der Waals surface area contributed by atoms with Gasteiger partial charge in [0.05, 0.1) is 6.61 Å². The molecule has 17 heavy (non-hydrogen) atoms. The highest BCUT2D eigenvalue weighted by atomic mass is 79.9. The zero-order valence-electron chi connectivity index (χ0n) is 10.9. The molecule has 1 atom stereocenters. The van der Waals surface area contributed by atoms with Crippen molar-refractivity contribution < 1.29 is 4.74 Å². The number of rotatable bonds is 7. The Balaban J connectivity index is 2.22. The van der Waals surface area contributed by atoms with E-state index in [4.69, 9.17) is 4.74 Å². The van der Waals surface area contributed by atoms with Gasteiger partial charge < -0.3 is 10.1 Å². The Hall–Kier alpha value is -0.540. The van der Waals surface area contributed by atoms with Gasteiger partial charge in [0.2, 0.25) is 0 Å². The summed E-state index contributed by atoms with van der Waals surface area (Å²) >= 11 is 3.45. The van der Waals surface area contributed by atoms with Gasteiger partial charge in [-0.05, 0) is 57.0 Å². The lowest BCUT2D eigenvalue weighted by Crippen LogP contribution is -2.27. The zero-order valence-corrected chi connectivity index (χ0v) is 12.5. The summed E-state index contributed by atoms with van der Waals surface area (Å²) in [6.45, 7) is 8.26. The van der Waals surface area contributed by atoms with Gasteiger partial charge in [-0.2, -0.15) is 0 Å². The monoisotopic (exact) mass is 299 g/mol. The van der Waals surface area contributed by atoms with Gasteiger partial charge in [0, 0.05) is 10.5 Å². The van der Waals surface area contributed by atoms with Crippen LogP contribution in [0.2, 0.25) is 0 Å². The van der Waals surface area contributed by atoms with Crippen LogP contribution in [-0.2, 0) is 0 Å². The van der Waals surface area contributed by atoms with Crippen LogP contribution < -0.4 is 10.1 Å². The smallest absolute Gasteiger partial charge is 0.122 e. The summed E-state index contributed by atoms with van der Waals surface area (Å²) in [6.07, 6.45) is 2.21. The van der Waals surface area contributed by atoms with Crippen LogP contribution in [0.4, 0.5) is 0 Å². The number of nitrogens with one attached hydrogen (secondary N) is 1. The van der Waals surface area contributed by atoms with Gasteiger partial charge in [-0.1, -0.05) is 22.9 Å². The summed E-state index contributed by atoms with van der Waals surface area (Å²) in [5.74, 6) is 0.983. The molecule has 2 nitrogen and oxygen atoms in total. The number of halogens is 1. The quantitative estimate of drug-likeness (QED) is 0.771. The molecular formula is C14H22BrNO. The average Bonchev–Trinajstić information content (AvgIpc) is 2.30. The van der Waals surface area contributed by atoms with Crippen molar-refractivity contribution in [3.8, 4) is 5.75 Å². The third-order valence-electron chi connectivity index (χ3n) is 2.82. The summed E-state index contributed by atoms with van der Waals surface area (Å²) < 4.78 is 6.84. The zero-order chi connectivity index (χ0) is 12.7. The highest BCUT2D eigenvalue weighted by molar-refractivity contribution is 9.10. The second-order valence-electron chi connectivity index (χ2n) is 4.38. The Morgan fingerprint density at radius 2 is 2.18 bits per heavy atom. The lowest BCUT2D eigenvalue weighted by molar-refractivity contribution is 0.303. The van der Waals surface area contributed by atoms with Crippen molar-refractivity contribution in [2.75, 3.05) is 13.2 Å². The van der Waals surface area contributed by atoms with Crippen LogP contribution >= 0.6 is 15.9 Å². The predicted molar refractivity (Wildman–Crippen MR) is 76.7 cm³/mol. The van der Waals surface area contributed by atoms with Crippen molar-refractivity contribution in [1.29, 1.82) is 0 Å². The minimum atomic E-state index is 0.601. The number of aryl methyl sites for hydroxylation is 1. The molecule has 1 rings (SSSR count). The molecule has 3 heteroatoms. The molecule has 0 aliphatic heterocycles. The van der Waals surface area contributed by atoms with E-state index in [-0.39, 0.29) is 0 Å². The molecule has 1 aromatic carbocycles. The maximum atomic E-state index is 5.75. The molecule has 0 spiro atoms. The Kier molecular flexibility index (Phi) is 6.60. The van der Waals surface area contributed by atoms with Crippen molar-refractivity contribution in [2.24, 2.45) is 0 Å². The number of ether oxygens (including phenoxy) is 1. The predicted octanol–water partition coefficient (Wildman–Crippen LogP) is 3.91. The Morgan fingerprint density at radius 1 is 1.41 bits per heavy atom. The molecule has 0 aliphatic carbocycles. The van der Waals surface area contributed by atoms with Gasteiger partial charge in [-0.3, -0.25) is 0 Å². The van der Waals surface area contributed by atoms with Crippen molar-refractivity contribution in [3.63, 3.8) is 0 Å². The average molecular weight is 300 g/mol. The van der Waals surface area contributed by atoms with Crippen LogP contribution in [0, 0.1) is 6.92 Å². The van der Waals surface area contributed by atoms with Gasteiger partial charge in [-0.25, -0.2) is 0 Å². The molecule has 0 aliphatic rings. The van der Waals surface area contributed by atoms with Crippen LogP contribution in [0.1, 0.15) is 32.3 Å². The highest BCUT2D eigenvalue weighted by Gasteiger charge is 2.00. The molecule has 0 amide bonds. The molecule has 0 saturated heterocycles.